The summed E-state index contributed by atoms with van der Waals surface area (Å²) >= 11 is 1.80. The molecule has 1 aromatic carbocycles. The van der Waals surface area contributed by atoms with Crippen molar-refractivity contribution in [2.24, 2.45) is 0 Å². The third kappa shape index (κ3) is 5.43. The van der Waals surface area contributed by atoms with Crippen LogP contribution >= 0.6 is 11.8 Å². The minimum Gasteiger partial charge on any atom is -0.381 e. The van der Waals surface area contributed by atoms with Crippen molar-refractivity contribution < 1.29 is 9.53 Å². The number of ether oxygens (including phenoxy) is 1. The number of hydrogen-bond donors (Lipinski definition) is 2. The van der Waals surface area contributed by atoms with Crippen LogP contribution in [0.3, 0.4) is 0 Å². The van der Waals surface area contributed by atoms with Crippen molar-refractivity contribution >= 4 is 17.8 Å². The number of rotatable bonds is 7. The van der Waals surface area contributed by atoms with E-state index in [4.69, 9.17) is 4.74 Å². The molecule has 1 fully saturated rings. The first-order valence-corrected chi connectivity index (χ1v) is 9.72. The number of nitrogens with one attached hydrogen (secondary N) is 2. The van der Waals surface area contributed by atoms with Crippen LogP contribution < -0.4 is 10.6 Å². The van der Waals surface area contributed by atoms with Gasteiger partial charge in [-0.3, -0.25) is 0 Å². The van der Waals surface area contributed by atoms with E-state index in [2.05, 4.69) is 48.1 Å². The molecule has 0 saturated carbocycles. The molecule has 0 unspecified atom stereocenters. The van der Waals surface area contributed by atoms with Gasteiger partial charge in [-0.1, -0.05) is 30.3 Å². The van der Waals surface area contributed by atoms with Crippen LogP contribution in [0.15, 0.2) is 30.3 Å². The number of benzene rings is 1. The number of thioether (sulfide) groups is 1. The molecule has 2 amide bonds. The van der Waals surface area contributed by atoms with Gasteiger partial charge in [-0.25, -0.2) is 4.79 Å². The van der Waals surface area contributed by atoms with Crippen molar-refractivity contribution in [3.05, 3.63) is 35.9 Å². The maximum Gasteiger partial charge on any atom is 0.315 e. The Hall–Kier alpha value is -1.20. The monoisotopic (exact) mass is 336 g/mol. The van der Waals surface area contributed by atoms with Crippen LogP contribution in [0.1, 0.15) is 31.7 Å². The fraction of sp³-hybridized carbons (Fsp3) is 0.611. The zero-order chi connectivity index (χ0) is 16.5. The first-order valence-electron chi connectivity index (χ1n) is 8.33. The Balaban J connectivity index is 1.93. The Bertz CT molecular complexity index is 475. The molecule has 1 saturated heterocycles. The number of hydrogen-bond acceptors (Lipinski definition) is 3. The summed E-state index contributed by atoms with van der Waals surface area (Å²) in [7, 11) is 0. The second kappa shape index (κ2) is 9.18. The van der Waals surface area contributed by atoms with E-state index in [1.54, 1.807) is 11.8 Å². The summed E-state index contributed by atoms with van der Waals surface area (Å²) in [5, 5.41) is 6.11. The van der Waals surface area contributed by atoms with Crippen molar-refractivity contribution in [1.29, 1.82) is 0 Å². The molecule has 1 aromatic rings. The summed E-state index contributed by atoms with van der Waals surface area (Å²) < 4.78 is 5.53. The summed E-state index contributed by atoms with van der Waals surface area (Å²) in [6, 6.07) is 10.6. The molecule has 1 atom stereocenters. The number of urea groups is 1. The smallest absolute Gasteiger partial charge is 0.315 e. The van der Waals surface area contributed by atoms with Gasteiger partial charge in [0, 0.05) is 31.2 Å². The second-order valence-corrected chi connectivity index (χ2v) is 7.25. The Labute approximate surface area is 143 Å². The average Bonchev–Trinajstić information content (AvgIpc) is 2.60. The van der Waals surface area contributed by atoms with Crippen LogP contribution in [0.25, 0.3) is 0 Å². The highest BCUT2D eigenvalue weighted by Crippen LogP contribution is 2.34. The molecule has 0 spiro atoms. The maximum atomic E-state index is 12.2. The van der Waals surface area contributed by atoms with Gasteiger partial charge in [0.2, 0.25) is 0 Å². The van der Waals surface area contributed by atoms with Crippen molar-refractivity contribution in [2.75, 3.05) is 31.8 Å². The summed E-state index contributed by atoms with van der Waals surface area (Å²) in [5.74, 6) is 1.06. The van der Waals surface area contributed by atoms with E-state index >= 15 is 0 Å². The topological polar surface area (TPSA) is 50.4 Å². The highest BCUT2D eigenvalue weighted by Gasteiger charge is 2.34. The minimum atomic E-state index is -0.0691. The number of amides is 2. The second-order valence-electron chi connectivity index (χ2n) is 6.27. The summed E-state index contributed by atoms with van der Waals surface area (Å²) in [6.45, 7) is 4.21. The predicted molar refractivity (Wildman–Crippen MR) is 97.2 cm³/mol. The molecule has 1 aliphatic rings. The largest absolute Gasteiger partial charge is 0.381 e. The fourth-order valence-corrected chi connectivity index (χ4v) is 3.60. The molecular formula is C18H28N2O2S. The van der Waals surface area contributed by atoms with Gasteiger partial charge in [-0.15, -0.1) is 0 Å². The van der Waals surface area contributed by atoms with Crippen molar-refractivity contribution in [1.82, 2.24) is 10.6 Å². The quantitative estimate of drug-likeness (QED) is 0.804. The Morgan fingerprint density at radius 1 is 1.30 bits per heavy atom. The Kier molecular flexibility index (Phi) is 7.24. The third-order valence-electron chi connectivity index (χ3n) is 4.56. The molecule has 0 aliphatic carbocycles. The molecule has 23 heavy (non-hydrogen) atoms. The van der Waals surface area contributed by atoms with Gasteiger partial charge in [-0.2, -0.15) is 11.8 Å². The molecule has 128 valence electrons. The van der Waals surface area contributed by atoms with Gasteiger partial charge in [-0.05, 0) is 43.8 Å². The zero-order valence-corrected chi connectivity index (χ0v) is 15.0. The lowest BCUT2D eigenvalue weighted by molar-refractivity contribution is 0.0506. The standard InChI is InChI=1S/C18H28N2O2S/c1-15(8-13-23-2)20-17(21)19-14-18(9-11-22-12-10-18)16-6-4-3-5-7-16/h3-7,15H,8-14H2,1-2H3,(H2,19,20,21)/t15-/m1/s1. The van der Waals surface area contributed by atoms with Crippen LogP contribution in [-0.2, 0) is 10.2 Å². The molecule has 4 nitrogen and oxygen atoms in total. The van der Waals surface area contributed by atoms with E-state index in [-0.39, 0.29) is 17.5 Å². The van der Waals surface area contributed by atoms with E-state index < -0.39 is 0 Å². The van der Waals surface area contributed by atoms with Crippen molar-refractivity contribution in [3.8, 4) is 0 Å². The number of carbonyl (C=O) groups excluding carboxylic acids is 1. The van der Waals surface area contributed by atoms with Crippen LogP contribution in [0.4, 0.5) is 4.79 Å². The SMILES string of the molecule is CSCC[C@@H](C)NC(=O)NCC1(c2ccccc2)CCOCC1. The van der Waals surface area contributed by atoms with Gasteiger partial charge in [0.15, 0.2) is 0 Å². The maximum absolute atomic E-state index is 12.2. The molecule has 0 radical (unpaired) electrons. The van der Waals surface area contributed by atoms with E-state index in [9.17, 15) is 4.79 Å². The fourth-order valence-electron chi connectivity index (χ4n) is 3.01. The van der Waals surface area contributed by atoms with Crippen LogP contribution in [0.5, 0.6) is 0 Å². The molecule has 2 N–H and O–H groups in total. The van der Waals surface area contributed by atoms with E-state index in [0.717, 1.165) is 38.2 Å². The van der Waals surface area contributed by atoms with Crippen LogP contribution in [0.2, 0.25) is 0 Å². The zero-order valence-electron chi connectivity index (χ0n) is 14.1. The molecule has 5 heteroatoms. The third-order valence-corrected chi connectivity index (χ3v) is 5.20. The summed E-state index contributed by atoms with van der Waals surface area (Å²) in [4.78, 5) is 12.2. The Morgan fingerprint density at radius 3 is 2.65 bits per heavy atom. The minimum absolute atomic E-state index is 0.0145. The van der Waals surface area contributed by atoms with E-state index in [1.807, 2.05) is 6.07 Å². The van der Waals surface area contributed by atoms with Crippen LogP contribution in [0, 0.1) is 0 Å². The Morgan fingerprint density at radius 2 is 2.00 bits per heavy atom. The predicted octanol–water partition coefficient (Wildman–Crippen LogP) is 3.18. The molecule has 0 aromatic heterocycles. The normalized spacial score (nSPS) is 18.2. The van der Waals surface area contributed by atoms with Gasteiger partial charge >= 0.3 is 6.03 Å². The number of carbonyl (C=O) groups is 1. The van der Waals surface area contributed by atoms with Gasteiger partial charge in [0.25, 0.3) is 0 Å². The lowest BCUT2D eigenvalue weighted by Gasteiger charge is -2.38. The van der Waals surface area contributed by atoms with E-state index in [1.165, 1.54) is 5.56 Å². The lowest BCUT2D eigenvalue weighted by Crippen LogP contribution is -2.49. The molecule has 0 bridgehead atoms. The molecule has 1 heterocycles. The van der Waals surface area contributed by atoms with Crippen molar-refractivity contribution in [2.45, 2.75) is 37.6 Å². The molecule has 2 rings (SSSR count). The summed E-state index contributed by atoms with van der Waals surface area (Å²) in [5.41, 5.74) is 1.28. The first-order chi connectivity index (χ1) is 11.2. The van der Waals surface area contributed by atoms with Crippen molar-refractivity contribution in [3.63, 3.8) is 0 Å². The molecular weight excluding hydrogens is 308 g/mol. The average molecular weight is 337 g/mol. The highest BCUT2D eigenvalue weighted by molar-refractivity contribution is 7.98. The summed E-state index contributed by atoms with van der Waals surface area (Å²) in [6.07, 6.45) is 4.96. The van der Waals surface area contributed by atoms with Gasteiger partial charge in [0.05, 0.1) is 0 Å². The first kappa shape index (κ1) is 18.1. The van der Waals surface area contributed by atoms with E-state index in [0.29, 0.717) is 6.54 Å². The molecule has 1 aliphatic heterocycles. The lowest BCUT2D eigenvalue weighted by atomic mass is 9.74. The van der Waals surface area contributed by atoms with Gasteiger partial charge < -0.3 is 15.4 Å². The van der Waals surface area contributed by atoms with Gasteiger partial charge in [0.1, 0.15) is 0 Å². The highest BCUT2D eigenvalue weighted by atomic mass is 32.2. The van der Waals surface area contributed by atoms with Crippen LogP contribution in [-0.4, -0.2) is 43.8 Å².